The van der Waals surface area contributed by atoms with Gasteiger partial charge in [-0.1, -0.05) is 6.08 Å². The van der Waals surface area contributed by atoms with Crippen LogP contribution in [0.25, 0.3) is 0 Å². The van der Waals surface area contributed by atoms with Crippen LogP contribution in [0.1, 0.15) is 6.42 Å². The minimum Gasteiger partial charge on any atom is -0.366 e. The van der Waals surface area contributed by atoms with Gasteiger partial charge in [-0.25, -0.2) is 0 Å². The largest absolute Gasteiger partial charge is 0.366 e. The van der Waals surface area contributed by atoms with Gasteiger partial charge in [-0.05, 0) is 6.08 Å². The van der Waals surface area contributed by atoms with Crippen LogP contribution < -0.4 is 5.73 Å². The molecule has 2 N–H and O–H groups in total. The standard InChI is InChI=1S/C5H6N2O/c6-4-2-1-3-5(7)8/h1,3H,2H2,(H2,7,8). The van der Waals surface area contributed by atoms with Crippen LogP contribution >= 0.6 is 0 Å². The molecule has 0 saturated carbocycles. The van der Waals surface area contributed by atoms with Gasteiger partial charge in [0.05, 0.1) is 12.5 Å². The molecule has 0 aromatic heterocycles. The number of nitriles is 1. The molecule has 3 nitrogen and oxygen atoms in total. The summed E-state index contributed by atoms with van der Waals surface area (Å²) in [5.41, 5.74) is 4.70. The Morgan fingerprint density at radius 2 is 2.50 bits per heavy atom. The normalized spacial score (nSPS) is 8.88. The average molecular weight is 110 g/mol. The van der Waals surface area contributed by atoms with Crippen molar-refractivity contribution in [1.82, 2.24) is 0 Å². The first-order chi connectivity index (χ1) is 3.77. The first-order valence-electron chi connectivity index (χ1n) is 2.10. The van der Waals surface area contributed by atoms with Gasteiger partial charge in [-0.3, -0.25) is 4.79 Å². The van der Waals surface area contributed by atoms with Gasteiger partial charge in [-0.2, -0.15) is 5.26 Å². The molecule has 0 bridgehead atoms. The maximum absolute atomic E-state index is 9.90. The van der Waals surface area contributed by atoms with Crippen molar-refractivity contribution in [3.63, 3.8) is 0 Å². The van der Waals surface area contributed by atoms with Crippen LogP contribution in [0.2, 0.25) is 0 Å². The Labute approximate surface area is 47.4 Å². The second-order valence-corrected chi connectivity index (χ2v) is 1.17. The fourth-order valence-electron chi connectivity index (χ4n) is 0.228. The van der Waals surface area contributed by atoms with Crippen molar-refractivity contribution in [2.24, 2.45) is 5.73 Å². The number of primary amides is 1. The van der Waals surface area contributed by atoms with Crippen molar-refractivity contribution >= 4 is 5.91 Å². The minimum atomic E-state index is -0.514. The molecule has 0 aliphatic rings. The van der Waals surface area contributed by atoms with Crippen LogP contribution in [-0.2, 0) is 4.79 Å². The van der Waals surface area contributed by atoms with Crippen LogP contribution in [0.3, 0.4) is 0 Å². The van der Waals surface area contributed by atoms with E-state index in [2.05, 4.69) is 0 Å². The topological polar surface area (TPSA) is 66.9 Å². The zero-order valence-corrected chi connectivity index (χ0v) is 4.29. The third-order valence-corrected chi connectivity index (χ3v) is 0.491. The number of carbonyl (C=O) groups excluding carboxylic acids is 1. The van der Waals surface area contributed by atoms with E-state index >= 15 is 0 Å². The molecule has 0 spiro atoms. The maximum atomic E-state index is 9.90. The van der Waals surface area contributed by atoms with Crippen LogP contribution in [0.4, 0.5) is 0 Å². The summed E-state index contributed by atoms with van der Waals surface area (Å²) >= 11 is 0. The van der Waals surface area contributed by atoms with Gasteiger partial charge in [-0.15, -0.1) is 0 Å². The Kier molecular flexibility index (Phi) is 3.25. The van der Waals surface area contributed by atoms with Crippen molar-refractivity contribution in [3.05, 3.63) is 12.2 Å². The molecule has 0 heterocycles. The van der Waals surface area contributed by atoms with E-state index in [1.165, 1.54) is 12.2 Å². The molecule has 0 aromatic rings. The molecule has 0 radical (unpaired) electrons. The summed E-state index contributed by atoms with van der Waals surface area (Å²) in [6.07, 6.45) is 2.83. The van der Waals surface area contributed by atoms with Crippen molar-refractivity contribution in [1.29, 1.82) is 5.26 Å². The number of hydrogen-bond acceptors (Lipinski definition) is 2. The molecule has 42 valence electrons. The van der Waals surface area contributed by atoms with E-state index in [0.717, 1.165) is 0 Å². The number of hydrogen-bond donors (Lipinski definition) is 1. The summed E-state index contributed by atoms with van der Waals surface area (Å²) < 4.78 is 0. The Balaban J connectivity index is 3.38. The Hall–Kier alpha value is -1.30. The van der Waals surface area contributed by atoms with E-state index in [0.29, 0.717) is 0 Å². The van der Waals surface area contributed by atoms with Gasteiger partial charge >= 0.3 is 0 Å². The van der Waals surface area contributed by atoms with Crippen molar-refractivity contribution in [2.75, 3.05) is 0 Å². The second kappa shape index (κ2) is 3.88. The molecular weight excluding hydrogens is 104 g/mol. The summed E-state index contributed by atoms with van der Waals surface area (Å²) in [4.78, 5) is 9.90. The van der Waals surface area contributed by atoms with E-state index in [-0.39, 0.29) is 6.42 Å². The van der Waals surface area contributed by atoms with Crippen molar-refractivity contribution < 1.29 is 4.79 Å². The highest BCUT2D eigenvalue weighted by Crippen LogP contribution is 1.76. The summed E-state index contributed by atoms with van der Waals surface area (Å²) in [6, 6.07) is 1.83. The quantitative estimate of drug-likeness (QED) is 0.506. The van der Waals surface area contributed by atoms with E-state index in [4.69, 9.17) is 11.0 Å². The molecule has 0 saturated heterocycles. The lowest BCUT2D eigenvalue weighted by Crippen LogP contribution is -2.04. The fraction of sp³-hybridized carbons (Fsp3) is 0.200. The van der Waals surface area contributed by atoms with Crippen molar-refractivity contribution in [3.8, 4) is 6.07 Å². The monoisotopic (exact) mass is 110 g/mol. The van der Waals surface area contributed by atoms with Gasteiger partial charge < -0.3 is 5.73 Å². The van der Waals surface area contributed by atoms with Crippen molar-refractivity contribution in [2.45, 2.75) is 6.42 Å². The third kappa shape index (κ3) is 4.70. The van der Waals surface area contributed by atoms with Gasteiger partial charge in [0.2, 0.25) is 5.91 Å². The fourth-order valence-corrected chi connectivity index (χ4v) is 0.228. The molecular formula is C5H6N2O. The van der Waals surface area contributed by atoms with Gasteiger partial charge in [0.1, 0.15) is 0 Å². The number of nitrogens with two attached hydrogens (primary N) is 1. The van der Waals surface area contributed by atoms with E-state index in [9.17, 15) is 4.79 Å². The molecule has 8 heavy (non-hydrogen) atoms. The highest BCUT2D eigenvalue weighted by molar-refractivity contribution is 5.85. The molecule has 3 heteroatoms. The summed E-state index contributed by atoms with van der Waals surface area (Å²) in [6.45, 7) is 0. The SMILES string of the molecule is N#CCC=CC(N)=O. The van der Waals surface area contributed by atoms with Gasteiger partial charge in [0, 0.05) is 0 Å². The molecule has 0 fully saturated rings. The Morgan fingerprint density at radius 3 is 2.88 bits per heavy atom. The molecule has 0 aliphatic carbocycles. The number of amides is 1. The molecule has 0 atom stereocenters. The molecule has 0 aromatic carbocycles. The lowest BCUT2D eigenvalue weighted by Gasteiger charge is -1.73. The number of carbonyl (C=O) groups is 1. The number of rotatable bonds is 2. The van der Waals surface area contributed by atoms with E-state index in [1.54, 1.807) is 0 Å². The first kappa shape index (κ1) is 6.70. The third-order valence-electron chi connectivity index (χ3n) is 0.491. The van der Waals surface area contributed by atoms with E-state index in [1.807, 2.05) is 6.07 Å². The smallest absolute Gasteiger partial charge is 0.241 e. The molecule has 1 amide bonds. The summed E-state index contributed by atoms with van der Waals surface area (Å²) in [7, 11) is 0. The molecule has 0 aliphatic heterocycles. The zero-order chi connectivity index (χ0) is 6.41. The predicted molar refractivity (Wildman–Crippen MR) is 28.6 cm³/mol. The average Bonchev–Trinajstić information content (AvgIpc) is 1.66. The number of nitrogens with zero attached hydrogens (tertiary/aromatic N) is 1. The first-order valence-corrected chi connectivity index (χ1v) is 2.10. The lowest BCUT2D eigenvalue weighted by molar-refractivity contribution is -0.113. The summed E-state index contributed by atoms with van der Waals surface area (Å²) in [5.74, 6) is -0.514. The van der Waals surface area contributed by atoms with Gasteiger partial charge in [0.25, 0.3) is 0 Å². The second-order valence-electron chi connectivity index (χ2n) is 1.17. The molecule has 0 rings (SSSR count). The van der Waals surface area contributed by atoms with Crippen LogP contribution in [-0.4, -0.2) is 5.91 Å². The molecule has 0 unspecified atom stereocenters. The number of allylic oxidation sites excluding steroid dienone is 1. The minimum absolute atomic E-state index is 0.239. The van der Waals surface area contributed by atoms with Crippen LogP contribution in [0, 0.1) is 11.3 Å². The van der Waals surface area contributed by atoms with Crippen LogP contribution in [0.15, 0.2) is 12.2 Å². The predicted octanol–water partition coefficient (Wildman–Crippen LogP) is -0.0584. The van der Waals surface area contributed by atoms with E-state index < -0.39 is 5.91 Å². The maximum Gasteiger partial charge on any atom is 0.241 e. The highest BCUT2D eigenvalue weighted by Gasteiger charge is 1.78. The van der Waals surface area contributed by atoms with Crippen LogP contribution in [0.5, 0.6) is 0 Å². The lowest BCUT2D eigenvalue weighted by atomic mass is 10.4. The zero-order valence-electron chi connectivity index (χ0n) is 4.29. The Morgan fingerprint density at radius 1 is 1.88 bits per heavy atom. The van der Waals surface area contributed by atoms with Gasteiger partial charge in [0.15, 0.2) is 0 Å². The Bertz CT molecular complexity index is 143. The summed E-state index contributed by atoms with van der Waals surface area (Å²) in [5, 5.41) is 7.93. The highest BCUT2D eigenvalue weighted by atomic mass is 16.1.